The van der Waals surface area contributed by atoms with Crippen molar-refractivity contribution in [1.29, 1.82) is 0 Å². The van der Waals surface area contributed by atoms with Crippen LogP contribution in [0.3, 0.4) is 0 Å². The van der Waals surface area contributed by atoms with Crippen LogP contribution in [0.4, 0.5) is 0 Å². The van der Waals surface area contributed by atoms with Gasteiger partial charge < -0.3 is 14.4 Å². The van der Waals surface area contributed by atoms with Crippen molar-refractivity contribution in [3.8, 4) is 33.6 Å². The monoisotopic (exact) mass is 857 g/mol. The van der Waals surface area contributed by atoms with Gasteiger partial charge in [0.2, 0.25) is 0 Å². The van der Waals surface area contributed by atoms with E-state index in [-0.39, 0.29) is 20.1 Å². The number of hydrogen-bond donors (Lipinski definition) is 0. The Morgan fingerprint density at radius 2 is 1.33 bits per heavy atom. The molecular weight excluding hydrogens is 817 g/mol. The fraction of sp³-hybridized carbons (Fsp3) is 0.130. The number of para-hydroxylation sites is 1. The van der Waals surface area contributed by atoms with Crippen LogP contribution in [-0.2, 0) is 20.1 Å². The smallest absolute Gasteiger partial charge is 0.120 e. The van der Waals surface area contributed by atoms with Gasteiger partial charge in [-0.1, -0.05) is 128 Å². The van der Waals surface area contributed by atoms with Gasteiger partial charge in [-0.2, -0.15) is 0 Å². The van der Waals surface area contributed by atoms with Crippen LogP contribution in [0.2, 0.25) is 19.6 Å². The van der Waals surface area contributed by atoms with Gasteiger partial charge in [-0.25, -0.2) is 0 Å². The van der Waals surface area contributed by atoms with Gasteiger partial charge in [0.15, 0.2) is 0 Å². The second-order valence-electron chi connectivity index (χ2n) is 13.8. The zero-order chi connectivity index (χ0) is 34.7. The quantitative estimate of drug-likeness (QED) is 0.124. The van der Waals surface area contributed by atoms with E-state index in [0.717, 1.165) is 50.0 Å². The summed E-state index contributed by atoms with van der Waals surface area (Å²) in [5, 5.41) is 3.65. The predicted molar refractivity (Wildman–Crippen MR) is 211 cm³/mol. The van der Waals surface area contributed by atoms with Crippen LogP contribution in [0.15, 0.2) is 150 Å². The number of benzene rings is 5. The van der Waals surface area contributed by atoms with E-state index in [1.165, 1.54) is 27.4 Å². The summed E-state index contributed by atoms with van der Waals surface area (Å²) >= 11 is 0. The van der Waals surface area contributed by atoms with Crippen molar-refractivity contribution in [2.45, 2.75) is 39.4 Å². The van der Waals surface area contributed by atoms with Gasteiger partial charge >= 0.3 is 0 Å². The Bertz CT molecular complexity index is 2400. The minimum absolute atomic E-state index is 0. The van der Waals surface area contributed by atoms with Crippen molar-refractivity contribution in [2.24, 2.45) is 0 Å². The van der Waals surface area contributed by atoms with Gasteiger partial charge in [-0.15, -0.1) is 59.2 Å². The summed E-state index contributed by atoms with van der Waals surface area (Å²) in [5.41, 5.74) is 11.9. The Kier molecular flexibility index (Phi) is 10.9. The van der Waals surface area contributed by atoms with Gasteiger partial charge in [-0.3, -0.25) is 0 Å². The Morgan fingerprint density at radius 1 is 0.647 bits per heavy atom. The Balaban J connectivity index is 0.000000173. The van der Waals surface area contributed by atoms with Gasteiger partial charge in [0.1, 0.15) is 5.58 Å². The van der Waals surface area contributed by atoms with Crippen molar-refractivity contribution in [3.63, 3.8) is 0 Å². The summed E-state index contributed by atoms with van der Waals surface area (Å²) in [4.78, 5) is 9.28. The molecule has 1 atom stereocenters. The fourth-order valence-electron chi connectivity index (χ4n) is 6.32. The summed E-state index contributed by atoms with van der Waals surface area (Å²) in [6.45, 7) is 11.5. The van der Waals surface area contributed by atoms with Crippen molar-refractivity contribution in [3.05, 3.63) is 175 Å². The average molecular weight is 857 g/mol. The van der Waals surface area contributed by atoms with Crippen LogP contribution in [0.25, 0.3) is 55.6 Å². The maximum atomic E-state index is 5.89. The molecule has 5 aromatic carbocycles. The van der Waals surface area contributed by atoms with E-state index in [9.17, 15) is 0 Å². The third-order valence-corrected chi connectivity index (χ3v) is 11.4. The molecule has 8 rings (SSSR count). The van der Waals surface area contributed by atoms with Gasteiger partial charge in [0, 0.05) is 43.4 Å². The Hall–Kier alpha value is -4.93. The number of nitrogens with zero attached hydrogens (tertiary/aromatic N) is 2. The summed E-state index contributed by atoms with van der Waals surface area (Å²) < 4.78 is 5.89. The molecule has 1 radical (unpaired) electrons. The first-order valence-corrected chi connectivity index (χ1v) is 20.6. The van der Waals surface area contributed by atoms with E-state index in [2.05, 4.69) is 148 Å². The van der Waals surface area contributed by atoms with Crippen LogP contribution < -0.4 is 5.19 Å². The standard InChI is InChI=1S/C24H16NO.C22H24NSi.Ir/c1-16-13-22(25-15-21(16)17-7-3-2-4-8-17)18-11-12-24-20(14-18)19-9-5-6-10-23(19)26-24;1-17(18-9-6-5-7-10-18)19-11-8-12-20(15-19)22-16-21(13-14-23-22)24(2,3)4;/h2-10,12-15H,1H3;5-11,13-17H,1-4H3;/q2*-1;. The molecule has 255 valence electrons. The molecule has 3 heterocycles. The summed E-state index contributed by atoms with van der Waals surface area (Å²) in [5.74, 6) is 0.361. The Morgan fingerprint density at radius 3 is 2.08 bits per heavy atom. The third-order valence-electron chi connectivity index (χ3n) is 9.31. The zero-order valence-corrected chi connectivity index (χ0v) is 33.0. The molecule has 0 saturated heterocycles. The first kappa shape index (κ1) is 35.9. The number of aromatic nitrogens is 2. The molecule has 0 bridgehead atoms. The topological polar surface area (TPSA) is 38.9 Å². The molecule has 0 saturated carbocycles. The summed E-state index contributed by atoms with van der Waals surface area (Å²) in [6.07, 6.45) is 3.88. The van der Waals surface area contributed by atoms with Crippen molar-refractivity contribution < 1.29 is 24.5 Å². The number of rotatable bonds is 6. The number of aryl methyl sites for hydroxylation is 1. The molecule has 0 fully saturated rings. The largest absolute Gasteiger partial charge is 0.500 e. The molecule has 1 unspecified atom stereocenters. The fourth-order valence-corrected chi connectivity index (χ4v) is 7.46. The van der Waals surface area contributed by atoms with E-state index in [1.807, 2.05) is 48.8 Å². The second kappa shape index (κ2) is 15.5. The minimum atomic E-state index is -1.34. The van der Waals surface area contributed by atoms with E-state index < -0.39 is 8.07 Å². The minimum Gasteiger partial charge on any atom is -0.500 e. The number of hydrogen-bond acceptors (Lipinski definition) is 3. The maximum absolute atomic E-state index is 5.89. The number of pyridine rings is 2. The van der Waals surface area contributed by atoms with Gasteiger partial charge in [-0.05, 0) is 53.1 Å². The third kappa shape index (κ3) is 8.02. The molecular formula is C46H40IrN2OSi-2. The number of furan rings is 1. The average Bonchev–Trinajstić information content (AvgIpc) is 3.53. The predicted octanol–water partition coefficient (Wildman–Crippen LogP) is 11.7. The van der Waals surface area contributed by atoms with Crippen molar-refractivity contribution in [1.82, 2.24) is 9.97 Å². The number of fused-ring (bicyclic) bond motifs is 3. The molecule has 0 spiro atoms. The normalized spacial score (nSPS) is 11.8. The van der Waals surface area contributed by atoms with Gasteiger partial charge in [0.25, 0.3) is 0 Å². The van der Waals surface area contributed by atoms with Crippen molar-refractivity contribution in [2.75, 3.05) is 0 Å². The van der Waals surface area contributed by atoms with Crippen LogP contribution in [-0.4, -0.2) is 18.0 Å². The van der Waals surface area contributed by atoms with Crippen LogP contribution >= 0.6 is 0 Å². The van der Waals surface area contributed by atoms with Crippen LogP contribution in [0.5, 0.6) is 0 Å². The molecule has 51 heavy (non-hydrogen) atoms. The first-order valence-electron chi connectivity index (χ1n) is 17.1. The van der Waals surface area contributed by atoms with E-state index in [0.29, 0.717) is 5.92 Å². The molecule has 0 amide bonds. The maximum Gasteiger partial charge on any atom is 0.120 e. The molecule has 0 aliphatic heterocycles. The molecule has 5 heteroatoms. The molecule has 8 aromatic rings. The zero-order valence-electron chi connectivity index (χ0n) is 29.6. The summed E-state index contributed by atoms with van der Waals surface area (Å²) in [6, 6.07) is 52.7. The molecule has 0 N–H and O–H groups in total. The van der Waals surface area contributed by atoms with Gasteiger partial charge in [0.05, 0.1) is 13.7 Å². The molecule has 0 aliphatic carbocycles. The van der Waals surface area contributed by atoms with E-state index >= 15 is 0 Å². The van der Waals surface area contributed by atoms with Crippen LogP contribution in [0.1, 0.15) is 29.5 Å². The van der Waals surface area contributed by atoms with Crippen molar-refractivity contribution >= 4 is 35.2 Å². The van der Waals surface area contributed by atoms with E-state index in [4.69, 9.17) is 9.40 Å². The summed E-state index contributed by atoms with van der Waals surface area (Å²) in [7, 11) is -1.34. The molecule has 3 aromatic heterocycles. The van der Waals surface area contributed by atoms with Crippen LogP contribution in [0, 0.1) is 19.1 Å². The second-order valence-corrected chi connectivity index (χ2v) is 18.9. The SMILES string of the molecule is CC(c1ccccc1)c1cc[c-]c(-c2cc([Si](C)(C)C)ccn2)c1.Cc1cc(-c2[c-]cc3oc4ccccc4c3c2)ncc1-c1ccccc1.[Ir]. The molecule has 0 aliphatic rings. The first-order chi connectivity index (χ1) is 24.2. The Labute approximate surface area is 315 Å². The van der Waals surface area contributed by atoms with E-state index in [1.54, 1.807) is 0 Å². The molecule has 3 nitrogen and oxygen atoms in total.